The summed E-state index contributed by atoms with van der Waals surface area (Å²) in [5.74, 6) is -2.37. The molecule has 264 valence electrons. The largest absolute Gasteiger partial charge is 2.00 e. The Labute approximate surface area is 329 Å². The maximum absolute atomic E-state index is 10.1. The first-order valence-electron chi connectivity index (χ1n) is 18.0. The molecule has 0 amide bonds. The molecule has 0 rings (SSSR count). The van der Waals surface area contributed by atoms with E-state index in [1.807, 2.05) is 72.9 Å². The predicted octanol–water partition coefficient (Wildman–Crippen LogP) is 10.0. The van der Waals surface area contributed by atoms with Crippen molar-refractivity contribution in [2.45, 2.75) is 117 Å². The van der Waals surface area contributed by atoms with Crippen molar-refractivity contribution in [1.29, 1.82) is 0 Å². The average molecular weight is 695 g/mol. The van der Waals surface area contributed by atoms with E-state index in [2.05, 4.69) is 38.2 Å². The standard InChI is InChI=1S/2C22H32O2.Ca/c2*1-2-3-4-5-6-7-8-9-10-11-12-13-14-15-16-17-18-19-20-21-22(23)24;/h2*10-21H,2-9H2,1H3,(H,23,24);/q;;+2/p-2/b2*11-10+,13-12+,15-14+,17-16+,19-18+,21-20+;. The number of hydrogen-bond acceptors (Lipinski definition) is 4. The van der Waals surface area contributed by atoms with Crippen LogP contribution in [0.25, 0.3) is 0 Å². The summed E-state index contributed by atoms with van der Waals surface area (Å²) in [4.78, 5) is 20.2. The third-order valence-corrected chi connectivity index (χ3v) is 6.69. The summed E-state index contributed by atoms with van der Waals surface area (Å²) < 4.78 is 0. The van der Waals surface area contributed by atoms with Gasteiger partial charge in [0.05, 0.1) is 11.9 Å². The van der Waals surface area contributed by atoms with Crippen molar-refractivity contribution in [1.82, 2.24) is 0 Å². The van der Waals surface area contributed by atoms with Crippen LogP contribution in [0.1, 0.15) is 117 Å². The van der Waals surface area contributed by atoms with Crippen LogP contribution in [0.2, 0.25) is 0 Å². The summed E-state index contributed by atoms with van der Waals surface area (Å²) >= 11 is 0. The van der Waals surface area contributed by atoms with Crippen LogP contribution >= 0.6 is 0 Å². The minimum atomic E-state index is -1.19. The monoisotopic (exact) mass is 694 g/mol. The molecule has 0 saturated heterocycles. The number of carbonyl (C=O) groups excluding carboxylic acids is 2. The molecular formula is C44H62CaO4. The van der Waals surface area contributed by atoms with Crippen molar-refractivity contribution >= 4 is 49.7 Å². The zero-order chi connectivity index (χ0) is 35.4. The number of unbranched alkanes of at least 4 members (excludes halogenated alkanes) is 14. The van der Waals surface area contributed by atoms with Crippen LogP contribution in [0, 0.1) is 0 Å². The fraction of sp³-hybridized carbons (Fsp3) is 0.409. The number of aliphatic carboxylic acids is 2. The van der Waals surface area contributed by atoms with E-state index in [4.69, 9.17) is 0 Å². The quantitative estimate of drug-likeness (QED) is 0.0353. The molecule has 0 aliphatic rings. The van der Waals surface area contributed by atoms with Crippen molar-refractivity contribution in [3.63, 3.8) is 0 Å². The van der Waals surface area contributed by atoms with Crippen LogP contribution in [0.15, 0.2) is 146 Å². The van der Waals surface area contributed by atoms with Crippen molar-refractivity contribution in [3.8, 4) is 0 Å². The fourth-order valence-corrected chi connectivity index (χ4v) is 4.08. The Bertz CT molecular complexity index is 1020. The normalized spacial score (nSPS) is 12.8. The van der Waals surface area contributed by atoms with Gasteiger partial charge >= 0.3 is 37.7 Å². The Kier molecular flexibility index (Phi) is 48.6. The fourth-order valence-electron chi connectivity index (χ4n) is 4.08. The van der Waals surface area contributed by atoms with Gasteiger partial charge in [-0.05, 0) is 37.8 Å². The van der Waals surface area contributed by atoms with E-state index in [1.165, 1.54) is 102 Å². The molecule has 0 heterocycles. The number of carboxylic acids is 2. The smallest absolute Gasteiger partial charge is 0.545 e. The molecule has 0 unspecified atom stereocenters. The average Bonchev–Trinajstić information content (AvgIpc) is 3.07. The second-order valence-electron chi connectivity index (χ2n) is 11.1. The van der Waals surface area contributed by atoms with Crippen LogP contribution in [0.5, 0.6) is 0 Å². The minimum absolute atomic E-state index is 0. The van der Waals surface area contributed by atoms with Crippen molar-refractivity contribution < 1.29 is 19.8 Å². The van der Waals surface area contributed by atoms with Gasteiger partial charge in [-0.15, -0.1) is 0 Å². The SMILES string of the molecule is CCCCCCCCC/C=C/C=C/C=C/C=C/C=C/C=C/C(=O)[O-].CCCCCCCCC/C=C/C=C/C=C/C=C/C=C/C=C/C(=O)[O-].[Ca+2]. The van der Waals surface area contributed by atoms with E-state index in [0.717, 1.165) is 25.0 Å². The molecule has 0 radical (unpaired) electrons. The van der Waals surface area contributed by atoms with E-state index in [9.17, 15) is 19.8 Å². The molecule has 0 fully saturated rings. The molecule has 0 aromatic rings. The Hall–Kier alpha value is -2.92. The Morgan fingerprint density at radius 3 is 0.837 bits per heavy atom. The minimum Gasteiger partial charge on any atom is -0.545 e. The van der Waals surface area contributed by atoms with Gasteiger partial charge in [0.25, 0.3) is 0 Å². The van der Waals surface area contributed by atoms with Crippen LogP contribution in [-0.4, -0.2) is 49.7 Å². The first-order valence-corrected chi connectivity index (χ1v) is 18.0. The Balaban J connectivity index is -0.000000846. The van der Waals surface area contributed by atoms with Crippen molar-refractivity contribution in [2.75, 3.05) is 0 Å². The zero-order valence-corrected chi connectivity index (χ0v) is 32.7. The summed E-state index contributed by atoms with van der Waals surface area (Å²) in [6.45, 7) is 4.50. The molecule has 0 atom stereocenters. The number of allylic oxidation sites excluding steroid dienone is 22. The number of rotatable bonds is 28. The van der Waals surface area contributed by atoms with Gasteiger partial charge in [-0.1, -0.05) is 225 Å². The van der Waals surface area contributed by atoms with Gasteiger partial charge < -0.3 is 19.8 Å². The second-order valence-corrected chi connectivity index (χ2v) is 11.1. The van der Waals surface area contributed by atoms with E-state index in [-0.39, 0.29) is 37.7 Å². The maximum Gasteiger partial charge on any atom is 2.00 e. The van der Waals surface area contributed by atoms with Gasteiger partial charge in [-0.25, -0.2) is 0 Å². The molecule has 0 N–H and O–H groups in total. The van der Waals surface area contributed by atoms with E-state index in [1.54, 1.807) is 24.3 Å². The molecule has 0 bridgehead atoms. The number of hydrogen-bond donors (Lipinski definition) is 0. The summed E-state index contributed by atoms with van der Waals surface area (Å²) in [7, 11) is 0. The predicted molar refractivity (Wildman–Crippen MR) is 211 cm³/mol. The third kappa shape index (κ3) is 54.8. The van der Waals surface area contributed by atoms with Gasteiger partial charge in [0.2, 0.25) is 0 Å². The molecule has 0 spiro atoms. The van der Waals surface area contributed by atoms with Gasteiger partial charge in [0.15, 0.2) is 0 Å². The van der Waals surface area contributed by atoms with Gasteiger partial charge in [-0.2, -0.15) is 0 Å². The van der Waals surface area contributed by atoms with Crippen LogP contribution in [0.4, 0.5) is 0 Å². The van der Waals surface area contributed by atoms with Crippen LogP contribution < -0.4 is 10.2 Å². The van der Waals surface area contributed by atoms with Gasteiger partial charge in [-0.3, -0.25) is 0 Å². The van der Waals surface area contributed by atoms with Crippen molar-refractivity contribution in [3.05, 3.63) is 146 Å². The first-order chi connectivity index (χ1) is 23.5. The van der Waals surface area contributed by atoms with E-state index in [0.29, 0.717) is 0 Å². The third-order valence-electron chi connectivity index (χ3n) is 6.69. The van der Waals surface area contributed by atoms with E-state index >= 15 is 0 Å². The van der Waals surface area contributed by atoms with Crippen LogP contribution in [-0.2, 0) is 9.59 Å². The summed E-state index contributed by atoms with van der Waals surface area (Å²) in [5, 5.41) is 20.2. The number of carbonyl (C=O) groups is 2. The molecule has 49 heavy (non-hydrogen) atoms. The molecule has 5 heteroatoms. The molecule has 0 aromatic carbocycles. The molecular weight excluding hydrogens is 633 g/mol. The first kappa shape index (κ1) is 50.5. The van der Waals surface area contributed by atoms with Gasteiger partial charge in [0.1, 0.15) is 0 Å². The molecule has 0 saturated carbocycles. The second kappa shape index (κ2) is 47.2. The van der Waals surface area contributed by atoms with Crippen LogP contribution in [0.3, 0.4) is 0 Å². The van der Waals surface area contributed by atoms with E-state index < -0.39 is 11.9 Å². The topological polar surface area (TPSA) is 80.3 Å². The molecule has 0 aliphatic carbocycles. The molecule has 0 aromatic heterocycles. The van der Waals surface area contributed by atoms with Gasteiger partial charge in [0, 0.05) is 0 Å². The zero-order valence-electron chi connectivity index (χ0n) is 30.5. The van der Waals surface area contributed by atoms with Crippen molar-refractivity contribution in [2.24, 2.45) is 0 Å². The molecule has 0 aliphatic heterocycles. The number of carboxylic acid groups (broad SMARTS) is 2. The Morgan fingerprint density at radius 1 is 0.347 bits per heavy atom. The molecule has 4 nitrogen and oxygen atoms in total. The maximum atomic E-state index is 10.1. The summed E-state index contributed by atoms with van der Waals surface area (Å²) in [5.41, 5.74) is 0. The Morgan fingerprint density at radius 2 is 0.571 bits per heavy atom. The summed E-state index contributed by atoms with van der Waals surface area (Å²) in [6, 6.07) is 0. The summed E-state index contributed by atoms with van der Waals surface area (Å²) in [6.07, 6.45) is 64.8.